The SMILES string of the molecule is C/C=C(\C#N)CNCCC. The zero-order chi connectivity index (χ0) is 7.82. The van der Waals surface area contributed by atoms with Crippen molar-refractivity contribution < 1.29 is 0 Å². The molecule has 0 radical (unpaired) electrons. The van der Waals surface area contributed by atoms with Gasteiger partial charge in [0, 0.05) is 12.1 Å². The van der Waals surface area contributed by atoms with Crippen molar-refractivity contribution in [2.75, 3.05) is 13.1 Å². The zero-order valence-electron chi connectivity index (χ0n) is 6.65. The molecule has 0 saturated heterocycles. The molecule has 0 rings (SSSR count). The second kappa shape index (κ2) is 6.31. The molecule has 0 aliphatic carbocycles. The van der Waals surface area contributed by atoms with Crippen molar-refractivity contribution in [1.29, 1.82) is 5.26 Å². The van der Waals surface area contributed by atoms with E-state index in [0.29, 0.717) is 6.54 Å². The Balaban J connectivity index is 3.40. The predicted octanol–water partition coefficient (Wildman–Crippen LogP) is 1.46. The summed E-state index contributed by atoms with van der Waals surface area (Å²) in [5.74, 6) is 0. The number of nitrogens with zero attached hydrogens (tertiary/aromatic N) is 1. The molecule has 0 bridgehead atoms. The van der Waals surface area contributed by atoms with Crippen LogP contribution in [-0.4, -0.2) is 13.1 Å². The Bertz CT molecular complexity index is 142. The fourth-order valence-corrected chi connectivity index (χ4v) is 0.606. The zero-order valence-corrected chi connectivity index (χ0v) is 6.65. The first kappa shape index (κ1) is 9.19. The summed E-state index contributed by atoms with van der Waals surface area (Å²) in [4.78, 5) is 0. The van der Waals surface area contributed by atoms with Crippen LogP contribution in [0, 0.1) is 11.3 Å². The van der Waals surface area contributed by atoms with Gasteiger partial charge in [-0.15, -0.1) is 0 Å². The summed E-state index contributed by atoms with van der Waals surface area (Å²) in [6.07, 6.45) is 2.95. The largest absolute Gasteiger partial charge is 0.312 e. The smallest absolute Gasteiger partial charge is 0.0957 e. The third kappa shape index (κ3) is 4.11. The average molecular weight is 138 g/mol. The Hall–Kier alpha value is -0.810. The lowest BCUT2D eigenvalue weighted by atomic mass is 10.3. The molecule has 0 fully saturated rings. The summed E-state index contributed by atoms with van der Waals surface area (Å²) in [6, 6.07) is 2.11. The number of hydrogen-bond donors (Lipinski definition) is 1. The second-order valence-corrected chi connectivity index (χ2v) is 2.10. The highest BCUT2D eigenvalue weighted by atomic mass is 14.8. The third-order valence-electron chi connectivity index (χ3n) is 1.23. The Labute approximate surface area is 62.5 Å². The average Bonchev–Trinajstić information content (AvgIpc) is 1.99. The predicted molar refractivity (Wildman–Crippen MR) is 42.5 cm³/mol. The van der Waals surface area contributed by atoms with Crippen LogP contribution in [0.1, 0.15) is 20.3 Å². The van der Waals surface area contributed by atoms with Crippen LogP contribution in [0.5, 0.6) is 0 Å². The maximum atomic E-state index is 8.47. The topological polar surface area (TPSA) is 35.8 Å². The van der Waals surface area contributed by atoms with Crippen LogP contribution in [0.15, 0.2) is 11.6 Å². The molecular formula is C8H14N2. The number of hydrogen-bond acceptors (Lipinski definition) is 2. The van der Waals surface area contributed by atoms with Crippen LogP contribution in [0.2, 0.25) is 0 Å². The highest BCUT2D eigenvalue weighted by Crippen LogP contribution is 1.87. The molecule has 1 N–H and O–H groups in total. The van der Waals surface area contributed by atoms with Gasteiger partial charge in [0.1, 0.15) is 0 Å². The Kier molecular flexibility index (Phi) is 5.80. The maximum absolute atomic E-state index is 8.47. The lowest BCUT2D eigenvalue weighted by Crippen LogP contribution is -2.17. The molecule has 2 nitrogen and oxygen atoms in total. The molecule has 0 atom stereocenters. The summed E-state index contributed by atoms with van der Waals surface area (Å²) in [5, 5.41) is 11.6. The Morgan fingerprint density at radius 1 is 1.70 bits per heavy atom. The van der Waals surface area contributed by atoms with E-state index in [1.165, 1.54) is 0 Å². The monoisotopic (exact) mass is 138 g/mol. The lowest BCUT2D eigenvalue weighted by molar-refractivity contribution is 0.720. The van der Waals surface area contributed by atoms with Crippen LogP contribution in [0.25, 0.3) is 0 Å². The minimum Gasteiger partial charge on any atom is -0.312 e. The molecular weight excluding hydrogens is 124 g/mol. The molecule has 0 amide bonds. The van der Waals surface area contributed by atoms with E-state index < -0.39 is 0 Å². The highest BCUT2D eigenvalue weighted by Gasteiger charge is 1.89. The van der Waals surface area contributed by atoms with Crippen molar-refractivity contribution in [2.24, 2.45) is 0 Å². The molecule has 0 aliphatic heterocycles. The van der Waals surface area contributed by atoms with E-state index >= 15 is 0 Å². The number of rotatable bonds is 4. The lowest BCUT2D eigenvalue weighted by Gasteiger charge is -1.98. The number of allylic oxidation sites excluding steroid dienone is 1. The molecule has 0 aromatic rings. The van der Waals surface area contributed by atoms with E-state index in [4.69, 9.17) is 5.26 Å². The van der Waals surface area contributed by atoms with E-state index in [1.807, 2.05) is 13.0 Å². The van der Waals surface area contributed by atoms with Gasteiger partial charge >= 0.3 is 0 Å². The first-order valence-electron chi connectivity index (χ1n) is 3.61. The summed E-state index contributed by atoms with van der Waals surface area (Å²) in [6.45, 7) is 5.68. The van der Waals surface area contributed by atoms with Gasteiger partial charge < -0.3 is 5.32 Å². The molecule has 0 aromatic carbocycles. The summed E-state index contributed by atoms with van der Waals surface area (Å²) >= 11 is 0. The van der Waals surface area contributed by atoms with E-state index in [-0.39, 0.29) is 0 Å². The van der Waals surface area contributed by atoms with E-state index in [9.17, 15) is 0 Å². The highest BCUT2D eigenvalue weighted by molar-refractivity contribution is 5.20. The van der Waals surface area contributed by atoms with Gasteiger partial charge in [0.05, 0.1) is 6.07 Å². The second-order valence-electron chi connectivity index (χ2n) is 2.10. The van der Waals surface area contributed by atoms with Crippen LogP contribution in [-0.2, 0) is 0 Å². The first-order valence-corrected chi connectivity index (χ1v) is 3.61. The minimum atomic E-state index is 0.709. The van der Waals surface area contributed by atoms with Gasteiger partial charge in [-0.1, -0.05) is 13.0 Å². The van der Waals surface area contributed by atoms with Crippen molar-refractivity contribution in [2.45, 2.75) is 20.3 Å². The quantitative estimate of drug-likeness (QED) is 0.471. The van der Waals surface area contributed by atoms with Gasteiger partial charge in [-0.2, -0.15) is 5.26 Å². The van der Waals surface area contributed by atoms with Gasteiger partial charge in [0.25, 0.3) is 0 Å². The van der Waals surface area contributed by atoms with Crippen molar-refractivity contribution >= 4 is 0 Å². The van der Waals surface area contributed by atoms with Gasteiger partial charge in [-0.25, -0.2) is 0 Å². The van der Waals surface area contributed by atoms with Gasteiger partial charge in [0.15, 0.2) is 0 Å². The van der Waals surface area contributed by atoms with Crippen LogP contribution in [0.3, 0.4) is 0 Å². The van der Waals surface area contributed by atoms with Gasteiger partial charge in [0.2, 0.25) is 0 Å². The van der Waals surface area contributed by atoms with Gasteiger partial charge in [-0.3, -0.25) is 0 Å². The Morgan fingerprint density at radius 2 is 2.40 bits per heavy atom. The summed E-state index contributed by atoms with van der Waals surface area (Å²) in [5.41, 5.74) is 0.813. The fourth-order valence-electron chi connectivity index (χ4n) is 0.606. The molecule has 0 unspecified atom stereocenters. The van der Waals surface area contributed by atoms with Crippen molar-refractivity contribution in [3.8, 4) is 6.07 Å². The molecule has 56 valence electrons. The molecule has 2 heteroatoms. The van der Waals surface area contributed by atoms with Crippen LogP contribution >= 0.6 is 0 Å². The Morgan fingerprint density at radius 3 is 2.80 bits per heavy atom. The van der Waals surface area contributed by atoms with E-state index in [0.717, 1.165) is 18.5 Å². The van der Waals surface area contributed by atoms with Crippen molar-refractivity contribution in [3.05, 3.63) is 11.6 Å². The standard InChI is InChI=1S/C8H14N2/c1-3-5-10-7-8(4-2)6-9/h4,10H,3,5,7H2,1-2H3/b8-4+. The first-order chi connectivity index (χ1) is 4.85. The van der Waals surface area contributed by atoms with Crippen LogP contribution in [0.4, 0.5) is 0 Å². The molecule has 0 aliphatic rings. The van der Waals surface area contributed by atoms with Crippen LogP contribution < -0.4 is 5.32 Å². The summed E-state index contributed by atoms with van der Waals surface area (Å²) < 4.78 is 0. The van der Waals surface area contributed by atoms with E-state index in [1.54, 1.807) is 0 Å². The van der Waals surface area contributed by atoms with E-state index in [2.05, 4.69) is 18.3 Å². The third-order valence-corrected chi connectivity index (χ3v) is 1.23. The molecule has 10 heavy (non-hydrogen) atoms. The van der Waals surface area contributed by atoms with Gasteiger partial charge in [-0.05, 0) is 19.9 Å². The minimum absolute atomic E-state index is 0.709. The number of nitriles is 1. The van der Waals surface area contributed by atoms with Crippen molar-refractivity contribution in [1.82, 2.24) is 5.32 Å². The summed E-state index contributed by atoms with van der Waals surface area (Å²) in [7, 11) is 0. The number of nitrogens with one attached hydrogen (secondary N) is 1. The normalized spacial score (nSPS) is 11.1. The van der Waals surface area contributed by atoms with Crippen molar-refractivity contribution in [3.63, 3.8) is 0 Å². The maximum Gasteiger partial charge on any atom is 0.0957 e. The molecule has 0 aromatic heterocycles. The fraction of sp³-hybridized carbons (Fsp3) is 0.625. The molecule has 0 saturated carbocycles. The molecule has 0 spiro atoms. The molecule has 0 heterocycles.